The number of aromatic nitrogens is 1. The Morgan fingerprint density at radius 2 is 2.04 bits per heavy atom. The van der Waals surface area contributed by atoms with Gasteiger partial charge < -0.3 is 9.64 Å². The van der Waals surface area contributed by atoms with E-state index in [-0.39, 0.29) is 23.7 Å². The number of pyridine rings is 1. The summed E-state index contributed by atoms with van der Waals surface area (Å²) >= 11 is 0. The van der Waals surface area contributed by atoms with Gasteiger partial charge in [-0.2, -0.15) is 0 Å². The Morgan fingerprint density at radius 1 is 1.29 bits per heavy atom. The maximum absolute atomic E-state index is 12.5. The van der Waals surface area contributed by atoms with Crippen molar-refractivity contribution in [2.45, 2.75) is 38.2 Å². The number of ether oxygens (including phenoxy) is 1. The Labute approximate surface area is 161 Å². The van der Waals surface area contributed by atoms with E-state index < -0.39 is 6.36 Å². The molecule has 3 rings (SSSR count). The van der Waals surface area contributed by atoms with E-state index in [0.717, 1.165) is 24.1 Å². The molecule has 1 aliphatic heterocycles. The molecule has 2 heterocycles. The number of nitrogens with zero attached hydrogens (tertiary/aromatic N) is 2. The average Bonchev–Trinajstić information content (AvgIpc) is 2.97. The zero-order valence-corrected chi connectivity index (χ0v) is 15.7. The predicted octanol–water partition coefficient (Wildman–Crippen LogP) is 3.92. The first-order chi connectivity index (χ1) is 13.3. The molecule has 1 aliphatic rings. The number of nitrogens with one attached hydrogen (secondary N) is 1. The number of amides is 1. The lowest BCUT2D eigenvalue weighted by Gasteiger charge is -2.21. The minimum absolute atomic E-state index is 0.0617. The number of likely N-dealkylation sites (N-methyl/N-ethyl adjacent to an activating group) is 1. The van der Waals surface area contributed by atoms with E-state index in [4.69, 9.17) is 0 Å². The molecule has 1 N–H and O–H groups in total. The van der Waals surface area contributed by atoms with Gasteiger partial charge in [0.05, 0.1) is 11.7 Å². The Hall–Kier alpha value is -2.61. The normalized spacial score (nSPS) is 18.4. The molecule has 1 aromatic carbocycles. The van der Waals surface area contributed by atoms with Crippen LogP contribution in [0.5, 0.6) is 5.75 Å². The van der Waals surface area contributed by atoms with E-state index >= 15 is 0 Å². The molecule has 8 heteroatoms. The van der Waals surface area contributed by atoms with Crippen molar-refractivity contribution in [3.05, 3.63) is 48.3 Å². The maximum atomic E-state index is 12.5. The summed E-state index contributed by atoms with van der Waals surface area (Å²) in [5.74, 6) is -0.209. The van der Waals surface area contributed by atoms with Gasteiger partial charge in [0.15, 0.2) is 0 Å². The van der Waals surface area contributed by atoms with Crippen molar-refractivity contribution in [2.75, 3.05) is 13.6 Å². The van der Waals surface area contributed by atoms with Crippen molar-refractivity contribution in [1.29, 1.82) is 0 Å². The molecule has 0 aliphatic carbocycles. The van der Waals surface area contributed by atoms with Gasteiger partial charge in [-0.1, -0.05) is 19.1 Å². The van der Waals surface area contributed by atoms with Crippen LogP contribution < -0.4 is 10.1 Å². The highest BCUT2D eigenvalue weighted by Crippen LogP contribution is 2.29. The third-order valence-electron chi connectivity index (χ3n) is 4.78. The van der Waals surface area contributed by atoms with Crippen molar-refractivity contribution in [1.82, 2.24) is 15.2 Å². The first-order valence-corrected chi connectivity index (χ1v) is 9.10. The summed E-state index contributed by atoms with van der Waals surface area (Å²) in [6.07, 6.45) is -1.65. The third kappa shape index (κ3) is 4.81. The van der Waals surface area contributed by atoms with Gasteiger partial charge in [-0.25, -0.2) is 0 Å². The molecule has 5 nitrogen and oxygen atoms in total. The highest BCUT2D eigenvalue weighted by atomic mass is 19.4. The molecule has 0 saturated carbocycles. The fourth-order valence-corrected chi connectivity index (χ4v) is 3.32. The summed E-state index contributed by atoms with van der Waals surface area (Å²) in [5, 5.41) is 3.36. The predicted molar refractivity (Wildman–Crippen MR) is 98.6 cm³/mol. The van der Waals surface area contributed by atoms with Gasteiger partial charge >= 0.3 is 6.36 Å². The van der Waals surface area contributed by atoms with Crippen LogP contribution in [0, 0.1) is 0 Å². The van der Waals surface area contributed by atoms with Gasteiger partial charge in [0.1, 0.15) is 5.75 Å². The van der Waals surface area contributed by atoms with Crippen LogP contribution in [0.4, 0.5) is 13.2 Å². The Morgan fingerprint density at radius 3 is 2.68 bits per heavy atom. The number of benzene rings is 1. The largest absolute Gasteiger partial charge is 0.573 e. The number of carbonyl (C=O) groups is 1. The van der Waals surface area contributed by atoms with Gasteiger partial charge in [0, 0.05) is 25.8 Å². The van der Waals surface area contributed by atoms with Crippen LogP contribution >= 0.6 is 0 Å². The lowest BCUT2D eigenvalue weighted by Crippen LogP contribution is -2.39. The summed E-state index contributed by atoms with van der Waals surface area (Å²) in [6, 6.07) is 9.02. The quantitative estimate of drug-likeness (QED) is 0.808. The number of hydrogen-bond donors (Lipinski definition) is 1. The van der Waals surface area contributed by atoms with Gasteiger partial charge in [0.25, 0.3) is 0 Å². The molecule has 150 valence electrons. The first-order valence-electron chi connectivity index (χ1n) is 9.10. The summed E-state index contributed by atoms with van der Waals surface area (Å²) in [6.45, 7) is 2.71. The second kappa shape index (κ2) is 8.18. The molecule has 2 aromatic rings. The molecule has 0 bridgehead atoms. The van der Waals surface area contributed by atoms with Gasteiger partial charge in [-0.05, 0) is 48.2 Å². The van der Waals surface area contributed by atoms with Gasteiger partial charge in [-0.15, -0.1) is 13.2 Å². The fraction of sp³-hybridized carbons (Fsp3) is 0.400. The number of alkyl halides is 3. The van der Waals surface area contributed by atoms with Crippen molar-refractivity contribution in [3.63, 3.8) is 0 Å². The van der Waals surface area contributed by atoms with Crippen molar-refractivity contribution in [3.8, 4) is 16.9 Å². The number of carbonyl (C=O) groups excluding carboxylic acids is 1. The van der Waals surface area contributed by atoms with Crippen LogP contribution in [-0.4, -0.2) is 41.8 Å². The van der Waals surface area contributed by atoms with Crippen LogP contribution in [0.25, 0.3) is 11.1 Å². The molecule has 2 unspecified atom stereocenters. The van der Waals surface area contributed by atoms with E-state index in [1.807, 2.05) is 13.0 Å². The highest BCUT2D eigenvalue weighted by Gasteiger charge is 2.32. The van der Waals surface area contributed by atoms with Crippen LogP contribution in [0.15, 0.2) is 42.6 Å². The van der Waals surface area contributed by atoms with E-state index in [1.165, 1.54) is 18.2 Å². The first kappa shape index (κ1) is 20.1. The zero-order valence-electron chi connectivity index (χ0n) is 15.7. The van der Waals surface area contributed by atoms with Crippen molar-refractivity contribution >= 4 is 5.91 Å². The molecule has 1 amide bonds. The second-order valence-electron chi connectivity index (χ2n) is 6.77. The third-order valence-corrected chi connectivity index (χ3v) is 4.78. The van der Waals surface area contributed by atoms with Crippen molar-refractivity contribution in [2.24, 2.45) is 0 Å². The Kier molecular flexibility index (Phi) is 5.88. The number of rotatable bonds is 6. The number of likely N-dealkylation sites (tertiary alicyclic amines) is 1. The molecule has 0 radical (unpaired) electrons. The van der Waals surface area contributed by atoms with Gasteiger partial charge in [-0.3, -0.25) is 15.1 Å². The second-order valence-corrected chi connectivity index (χ2v) is 6.77. The molecule has 28 heavy (non-hydrogen) atoms. The smallest absolute Gasteiger partial charge is 0.406 e. The molecule has 1 saturated heterocycles. The molecule has 2 atom stereocenters. The molecule has 1 aromatic heterocycles. The van der Waals surface area contributed by atoms with Crippen LogP contribution in [-0.2, 0) is 4.79 Å². The summed E-state index contributed by atoms with van der Waals surface area (Å²) in [5.41, 5.74) is 2.06. The topological polar surface area (TPSA) is 54.5 Å². The van der Waals surface area contributed by atoms with E-state index in [2.05, 4.69) is 15.0 Å². The van der Waals surface area contributed by atoms with Gasteiger partial charge in [0.2, 0.25) is 5.91 Å². The number of halogens is 3. The Balaban J connectivity index is 1.81. The summed E-state index contributed by atoms with van der Waals surface area (Å²) < 4.78 is 41.4. The summed E-state index contributed by atoms with van der Waals surface area (Å²) in [4.78, 5) is 18.3. The average molecular weight is 393 g/mol. The molecule has 0 spiro atoms. The van der Waals surface area contributed by atoms with E-state index in [0.29, 0.717) is 12.1 Å². The minimum Gasteiger partial charge on any atom is -0.406 e. The number of hydrogen-bond acceptors (Lipinski definition) is 4. The summed E-state index contributed by atoms with van der Waals surface area (Å²) in [7, 11) is 1.78. The highest BCUT2D eigenvalue weighted by molar-refractivity contribution is 5.83. The molecule has 1 fully saturated rings. The van der Waals surface area contributed by atoms with E-state index in [1.54, 1.807) is 30.3 Å². The maximum Gasteiger partial charge on any atom is 0.573 e. The van der Waals surface area contributed by atoms with Crippen molar-refractivity contribution < 1.29 is 22.7 Å². The molecular weight excluding hydrogens is 371 g/mol. The lowest BCUT2D eigenvalue weighted by atomic mass is 10.0. The molecular formula is C20H22F3N3O2. The van der Waals surface area contributed by atoms with Crippen LogP contribution in [0.3, 0.4) is 0 Å². The van der Waals surface area contributed by atoms with Crippen LogP contribution in [0.1, 0.15) is 31.5 Å². The lowest BCUT2D eigenvalue weighted by molar-refractivity contribution is -0.274. The minimum atomic E-state index is -4.74. The monoisotopic (exact) mass is 393 g/mol. The van der Waals surface area contributed by atoms with Crippen LogP contribution in [0.2, 0.25) is 0 Å². The SMILES string of the molecule is CCC(NC1CCN(C)C1=O)c1cc(-c2cccc(OC(F)(F)F)c2)ccn1. The zero-order chi connectivity index (χ0) is 20.3. The fourth-order valence-electron chi connectivity index (χ4n) is 3.32. The Bertz CT molecular complexity index is 841. The standard InChI is InChI=1S/C20H22F3N3O2/c1-3-16(25-17-8-10-26(2)19(17)27)18-12-14(7-9-24-18)13-5-4-6-15(11-13)28-20(21,22)23/h4-7,9,11-12,16-17,25H,3,8,10H2,1-2H3. The van der Waals surface area contributed by atoms with E-state index in [9.17, 15) is 18.0 Å².